The first kappa shape index (κ1) is 27.0. The lowest BCUT2D eigenvalue weighted by Crippen LogP contribution is -2.34. The number of halogens is 1. The normalized spacial score (nSPS) is 19.2. The highest BCUT2D eigenvalue weighted by Crippen LogP contribution is 2.42. The zero-order valence-electron chi connectivity index (χ0n) is 21.3. The summed E-state index contributed by atoms with van der Waals surface area (Å²) in [6.07, 6.45) is -1.50. The molecule has 3 heterocycles. The van der Waals surface area contributed by atoms with Gasteiger partial charge >= 0.3 is 12.2 Å². The van der Waals surface area contributed by atoms with E-state index in [0.717, 1.165) is 31.8 Å². The molecule has 1 aliphatic rings. The first-order chi connectivity index (χ1) is 18.4. The molecule has 11 heteroatoms. The second-order valence-electron chi connectivity index (χ2n) is 9.91. The fourth-order valence-electron chi connectivity index (χ4n) is 4.76. The van der Waals surface area contributed by atoms with Gasteiger partial charge in [0.1, 0.15) is 5.60 Å². The quantitative estimate of drug-likeness (QED) is 0.239. The Hall–Kier alpha value is -3.54. The highest BCUT2D eigenvalue weighted by atomic mass is 35.5. The molecule has 0 saturated carbocycles. The maximum atomic E-state index is 11.5. The van der Waals surface area contributed by atoms with Crippen molar-refractivity contribution < 1.29 is 29.3 Å². The molecule has 4 aromatic rings. The third kappa shape index (κ3) is 5.09. The summed E-state index contributed by atoms with van der Waals surface area (Å²) in [6.45, 7) is 6.20. The fraction of sp³-hybridized carbons (Fsp3) is 0.250. The number of imide groups is 1. The van der Waals surface area contributed by atoms with Crippen molar-refractivity contribution in [3.63, 3.8) is 0 Å². The summed E-state index contributed by atoms with van der Waals surface area (Å²) in [5, 5.41) is 19.9. The smallest absolute Gasteiger partial charge is 0.421 e. The van der Waals surface area contributed by atoms with E-state index in [0.29, 0.717) is 17.2 Å². The highest BCUT2D eigenvalue weighted by molar-refractivity contribution is 7.19. The standard InChI is InChI=1S/C28H26ClN3O6S/c1-27(2)37-14-28(3,38-27)16-9-10-31-21(12-16)18-6-4-5-15-11-22(39-24(15)18)23(30)19-13-17(7-8-20(19)29)32(25(33)34)26(35)36/h4-13,23H,14,30H2,1-3H3,(H,33,34)(H,35,36)/t23-,28?/m1/s1. The van der Waals surface area contributed by atoms with Crippen LogP contribution >= 0.6 is 22.9 Å². The summed E-state index contributed by atoms with van der Waals surface area (Å²) in [5.74, 6) is -0.679. The predicted molar refractivity (Wildman–Crippen MR) is 150 cm³/mol. The number of hydrogen-bond acceptors (Lipinski definition) is 7. The van der Waals surface area contributed by atoms with Crippen molar-refractivity contribution in [3.8, 4) is 11.3 Å². The molecule has 2 aromatic heterocycles. The number of pyridine rings is 1. The van der Waals surface area contributed by atoms with Gasteiger partial charge in [-0.15, -0.1) is 11.3 Å². The van der Waals surface area contributed by atoms with Crippen LogP contribution in [-0.2, 0) is 15.1 Å². The summed E-state index contributed by atoms with van der Waals surface area (Å²) in [7, 11) is 0. The van der Waals surface area contributed by atoms with Crippen molar-refractivity contribution in [2.75, 3.05) is 11.5 Å². The van der Waals surface area contributed by atoms with E-state index in [1.165, 1.54) is 29.5 Å². The molecule has 0 radical (unpaired) electrons. The maximum Gasteiger partial charge on any atom is 0.421 e. The second kappa shape index (κ2) is 9.89. The van der Waals surface area contributed by atoms with E-state index in [1.54, 1.807) is 6.20 Å². The number of carbonyl (C=O) groups is 2. The van der Waals surface area contributed by atoms with E-state index in [-0.39, 0.29) is 10.6 Å². The lowest BCUT2D eigenvalue weighted by molar-refractivity contribution is -0.159. The molecule has 0 bridgehead atoms. The Kier molecular flexibility index (Phi) is 6.86. The van der Waals surface area contributed by atoms with Crippen molar-refractivity contribution in [1.29, 1.82) is 0 Å². The predicted octanol–water partition coefficient (Wildman–Crippen LogP) is 6.83. The molecule has 1 unspecified atom stereocenters. The zero-order chi connectivity index (χ0) is 28.1. The van der Waals surface area contributed by atoms with Crippen LogP contribution in [0, 0.1) is 0 Å². The average molecular weight is 568 g/mol. The van der Waals surface area contributed by atoms with E-state index in [4.69, 9.17) is 26.8 Å². The molecule has 4 N–H and O–H groups in total. The van der Waals surface area contributed by atoms with Gasteiger partial charge < -0.3 is 25.4 Å². The summed E-state index contributed by atoms with van der Waals surface area (Å²) in [4.78, 5) is 28.6. The van der Waals surface area contributed by atoms with Crippen molar-refractivity contribution in [2.45, 2.75) is 38.2 Å². The number of anilines is 1. The van der Waals surface area contributed by atoms with Gasteiger partial charge in [-0.3, -0.25) is 4.98 Å². The van der Waals surface area contributed by atoms with Gasteiger partial charge in [0.05, 0.1) is 24.0 Å². The first-order valence-electron chi connectivity index (χ1n) is 12.0. The molecule has 1 fully saturated rings. The minimum Gasteiger partial charge on any atom is -0.464 e. The number of carboxylic acid groups (broad SMARTS) is 2. The van der Waals surface area contributed by atoms with Gasteiger partial charge in [-0.1, -0.05) is 29.8 Å². The molecular weight excluding hydrogens is 542 g/mol. The molecule has 1 aliphatic heterocycles. The summed E-state index contributed by atoms with van der Waals surface area (Å²) >= 11 is 7.89. The van der Waals surface area contributed by atoms with E-state index in [9.17, 15) is 19.8 Å². The Morgan fingerprint density at radius 2 is 1.85 bits per heavy atom. The molecule has 2 amide bonds. The van der Waals surface area contributed by atoms with Crippen LogP contribution in [0.4, 0.5) is 15.3 Å². The van der Waals surface area contributed by atoms with Crippen molar-refractivity contribution >= 4 is 50.9 Å². The minimum absolute atomic E-state index is 0.0672. The minimum atomic E-state index is -1.63. The summed E-state index contributed by atoms with van der Waals surface area (Å²) in [5.41, 5.74) is 8.98. The number of nitrogens with zero attached hydrogens (tertiary/aromatic N) is 2. The third-order valence-corrected chi connectivity index (χ3v) is 8.25. The van der Waals surface area contributed by atoms with Gasteiger partial charge in [0.25, 0.3) is 0 Å². The lowest BCUT2D eigenvalue weighted by Gasteiger charge is -2.25. The molecule has 202 valence electrons. The number of aromatic nitrogens is 1. The van der Waals surface area contributed by atoms with Crippen LogP contribution in [-0.4, -0.2) is 39.8 Å². The SMILES string of the molecule is CC1(C)OCC(C)(c2ccnc(-c3cccc4cc([C@H](N)c5cc(N(C(=O)O)C(=O)O)ccc5Cl)sc34)c2)O1. The van der Waals surface area contributed by atoms with Gasteiger partial charge in [0.2, 0.25) is 0 Å². The Labute approximate surface area is 233 Å². The van der Waals surface area contributed by atoms with Crippen LogP contribution in [0.2, 0.25) is 5.02 Å². The van der Waals surface area contributed by atoms with Crippen LogP contribution in [0.5, 0.6) is 0 Å². The van der Waals surface area contributed by atoms with Crippen LogP contribution in [0.3, 0.4) is 0 Å². The average Bonchev–Trinajstić information content (AvgIpc) is 3.44. The summed E-state index contributed by atoms with van der Waals surface area (Å²) < 4.78 is 13.0. The topological polar surface area (TPSA) is 135 Å². The molecule has 2 aromatic carbocycles. The lowest BCUT2D eigenvalue weighted by atomic mass is 9.96. The number of fused-ring (bicyclic) bond motifs is 1. The number of rotatable bonds is 5. The van der Waals surface area contributed by atoms with Crippen molar-refractivity contribution in [2.24, 2.45) is 5.73 Å². The van der Waals surface area contributed by atoms with E-state index in [2.05, 4.69) is 4.98 Å². The Morgan fingerprint density at radius 1 is 1.10 bits per heavy atom. The maximum absolute atomic E-state index is 11.5. The van der Waals surface area contributed by atoms with E-state index >= 15 is 0 Å². The molecule has 1 saturated heterocycles. The number of benzene rings is 2. The van der Waals surface area contributed by atoms with Crippen LogP contribution in [0.25, 0.3) is 21.3 Å². The van der Waals surface area contributed by atoms with Gasteiger partial charge in [0, 0.05) is 26.4 Å². The number of nitrogens with two attached hydrogens (primary N) is 1. The summed E-state index contributed by atoms with van der Waals surface area (Å²) in [6, 6.07) is 15.2. The second-order valence-corrected chi connectivity index (χ2v) is 11.4. The Bertz CT molecular complexity index is 1590. The molecule has 2 atom stereocenters. The highest BCUT2D eigenvalue weighted by Gasteiger charge is 2.43. The van der Waals surface area contributed by atoms with Gasteiger partial charge in [-0.2, -0.15) is 4.90 Å². The van der Waals surface area contributed by atoms with Crippen LogP contribution in [0.1, 0.15) is 42.8 Å². The van der Waals surface area contributed by atoms with Crippen molar-refractivity contribution in [1.82, 2.24) is 4.98 Å². The van der Waals surface area contributed by atoms with Crippen LogP contribution < -0.4 is 10.6 Å². The van der Waals surface area contributed by atoms with Gasteiger partial charge in [-0.05, 0) is 73.7 Å². The molecule has 0 spiro atoms. The number of ether oxygens (including phenoxy) is 2. The van der Waals surface area contributed by atoms with E-state index < -0.39 is 29.6 Å². The van der Waals surface area contributed by atoms with Crippen LogP contribution in [0.15, 0.2) is 60.8 Å². The molecule has 0 aliphatic carbocycles. The molecule has 9 nitrogen and oxygen atoms in total. The monoisotopic (exact) mass is 567 g/mol. The number of thiophene rings is 1. The van der Waals surface area contributed by atoms with Crippen molar-refractivity contribution in [3.05, 3.63) is 81.8 Å². The van der Waals surface area contributed by atoms with Gasteiger partial charge in [-0.25, -0.2) is 9.59 Å². The number of amides is 2. The number of hydrogen-bond donors (Lipinski definition) is 3. The first-order valence-corrected chi connectivity index (χ1v) is 13.2. The fourth-order valence-corrected chi connectivity index (χ4v) is 6.20. The Balaban J connectivity index is 1.53. The molecule has 39 heavy (non-hydrogen) atoms. The van der Waals surface area contributed by atoms with Gasteiger partial charge in [0.15, 0.2) is 5.79 Å². The Morgan fingerprint density at radius 3 is 2.51 bits per heavy atom. The molecule has 5 rings (SSSR count). The third-order valence-electron chi connectivity index (χ3n) is 6.64. The molecular formula is C28H26ClN3O6S. The largest absolute Gasteiger partial charge is 0.464 e. The zero-order valence-corrected chi connectivity index (χ0v) is 22.9. The van der Waals surface area contributed by atoms with E-state index in [1.807, 2.05) is 57.2 Å².